The number of Topliss-reactive ketones (excluding diaryl/α,β-unsaturated/α-hetero) is 1. The molecule has 2 aromatic rings. The highest BCUT2D eigenvalue weighted by molar-refractivity contribution is 6.14. The third kappa shape index (κ3) is 4.38. The van der Waals surface area contributed by atoms with E-state index in [1.165, 1.54) is 44.5 Å². The molecule has 0 saturated heterocycles. The van der Waals surface area contributed by atoms with Crippen molar-refractivity contribution in [2.45, 2.75) is 100 Å². The van der Waals surface area contributed by atoms with Gasteiger partial charge in [0.25, 0.3) is 0 Å². The Balaban J connectivity index is 1.66. The van der Waals surface area contributed by atoms with Crippen LogP contribution in [0.25, 0.3) is 0 Å². The van der Waals surface area contributed by atoms with Gasteiger partial charge in [-0.3, -0.25) is 4.79 Å². The predicted molar refractivity (Wildman–Crippen MR) is 179 cm³/mol. The molecule has 1 nitrogen and oxygen atoms in total. The van der Waals surface area contributed by atoms with Crippen molar-refractivity contribution in [1.82, 2.24) is 0 Å². The monoisotopic (exact) mass is 558 g/mol. The molecule has 0 radical (unpaired) electrons. The van der Waals surface area contributed by atoms with Gasteiger partial charge >= 0.3 is 0 Å². The molecule has 3 aliphatic rings. The lowest BCUT2D eigenvalue weighted by Gasteiger charge is -2.61. The number of hydrogen-bond acceptors (Lipinski definition) is 1. The second-order valence-corrected chi connectivity index (χ2v) is 14.9. The van der Waals surface area contributed by atoms with E-state index in [9.17, 15) is 4.79 Å². The Kier molecular flexibility index (Phi) is 7.36. The Morgan fingerprint density at radius 1 is 0.976 bits per heavy atom. The van der Waals surface area contributed by atoms with E-state index in [4.69, 9.17) is 6.58 Å². The van der Waals surface area contributed by atoms with Gasteiger partial charge in [0, 0.05) is 22.0 Å². The van der Waals surface area contributed by atoms with E-state index in [0.29, 0.717) is 5.92 Å². The van der Waals surface area contributed by atoms with Gasteiger partial charge in [-0.1, -0.05) is 113 Å². The molecule has 0 amide bonds. The fourth-order valence-corrected chi connectivity index (χ4v) is 9.35. The topological polar surface area (TPSA) is 17.1 Å². The van der Waals surface area contributed by atoms with E-state index in [1.54, 1.807) is 0 Å². The van der Waals surface area contributed by atoms with E-state index in [-0.39, 0.29) is 22.0 Å². The average Bonchev–Trinajstić information content (AvgIpc) is 2.87. The fourth-order valence-electron chi connectivity index (χ4n) is 9.35. The van der Waals surface area contributed by atoms with Crippen LogP contribution in [0.5, 0.6) is 0 Å². The summed E-state index contributed by atoms with van der Waals surface area (Å²) in [7, 11) is 0. The lowest BCUT2D eigenvalue weighted by molar-refractivity contribution is 0.0462. The van der Waals surface area contributed by atoms with E-state index < -0.39 is 0 Å². The second-order valence-electron chi connectivity index (χ2n) is 14.9. The van der Waals surface area contributed by atoms with E-state index in [1.807, 2.05) is 0 Å². The smallest absolute Gasteiger partial charge is 0.190 e. The van der Waals surface area contributed by atoms with E-state index in [0.717, 1.165) is 60.0 Å². The summed E-state index contributed by atoms with van der Waals surface area (Å²) < 4.78 is 0. The van der Waals surface area contributed by atoms with Crippen molar-refractivity contribution < 1.29 is 4.79 Å². The van der Waals surface area contributed by atoms with E-state index in [2.05, 4.69) is 112 Å². The number of allylic oxidation sites excluding steroid dienone is 7. The maximum absolute atomic E-state index is 15.0. The molecule has 0 unspecified atom stereocenters. The zero-order chi connectivity index (χ0) is 30.9. The Morgan fingerprint density at radius 3 is 2.21 bits per heavy atom. The van der Waals surface area contributed by atoms with Crippen LogP contribution in [0.4, 0.5) is 0 Å². The SMILES string of the molecule is C=C(Cc1ccccc1)Cc1cc(C(C)C)c2c(c1C)C(=O)C1=C(C)[C@@]3(C)C(=C)C(C(=C)C)=C(C)C[C@@]3(C)C[C@@]1(C)C2. The van der Waals surface area contributed by atoms with Gasteiger partial charge in [-0.15, -0.1) is 0 Å². The molecule has 3 atom stereocenters. The van der Waals surface area contributed by atoms with Gasteiger partial charge in [-0.2, -0.15) is 0 Å². The molecule has 0 aromatic heterocycles. The summed E-state index contributed by atoms with van der Waals surface area (Å²) in [5, 5.41) is 0. The Bertz CT molecular complexity index is 1610. The van der Waals surface area contributed by atoms with Gasteiger partial charge in [0.05, 0.1) is 0 Å². The first-order valence-corrected chi connectivity index (χ1v) is 15.7. The average molecular weight is 559 g/mol. The molecular weight excluding hydrogens is 508 g/mol. The molecule has 5 rings (SSSR count). The van der Waals surface area contributed by atoms with Crippen molar-refractivity contribution >= 4 is 5.78 Å². The standard InChI is InChI=1S/C41H50O/c1-24(2)33-20-32(19-26(5)18-31-16-14-13-15-17-31)28(7)36-34(33)22-39(10)23-40(11)21-27(6)35(25(3)4)29(8)41(40,12)30(9)37(39)38(36)42/h13-17,20,24H,3,5,8,18-19,21-23H2,1-2,4,6-7,9-12H3/t39-,40+,41-/m1/s1. The summed E-state index contributed by atoms with van der Waals surface area (Å²) in [5.74, 6) is 0.580. The Morgan fingerprint density at radius 2 is 1.62 bits per heavy atom. The molecule has 0 fully saturated rings. The molecule has 0 saturated carbocycles. The highest BCUT2D eigenvalue weighted by Gasteiger charge is 2.60. The van der Waals surface area contributed by atoms with Crippen LogP contribution in [0.1, 0.15) is 112 Å². The zero-order valence-electron chi connectivity index (χ0n) is 27.6. The molecule has 42 heavy (non-hydrogen) atoms. The maximum Gasteiger partial charge on any atom is 0.190 e. The van der Waals surface area contributed by atoms with Crippen molar-refractivity contribution in [2.24, 2.45) is 16.2 Å². The molecule has 2 aromatic carbocycles. The molecule has 0 aliphatic heterocycles. The summed E-state index contributed by atoms with van der Waals surface area (Å²) in [6.45, 7) is 34.0. The first kappa shape index (κ1) is 30.3. The van der Waals surface area contributed by atoms with Gasteiger partial charge in [0.15, 0.2) is 5.78 Å². The van der Waals surface area contributed by atoms with Crippen molar-refractivity contribution in [3.63, 3.8) is 0 Å². The molecule has 0 spiro atoms. The van der Waals surface area contributed by atoms with Crippen LogP contribution in [0, 0.1) is 23.2 Å². The minimum absolute atomic E-state index is 0.0185. The minimum Gasteiger partial charge on any atom is -0.289 e. The van der Waals surface area contributed by atoms with Crippen LogP contribution < -0.4 is 0 Å². The summed E-state index contributed by atoms with van der Waals surface area (Å²) in [6.07, 6.45) is 4.52. The van der Waals surface area contributed by atoms with Crippen molar-refractivity contribution in [2.75, 3.05) is 0 Å². The first-order valence-electron chi connectivity index (χ1n) is 15.7. The van der Waals surface area contributed by atoms with Crippen LogP contribution in [0.15, 0.2) is 95.1 Å². The molecular formula is C41H50O. The normalized spacial score (nSPS) is 27.2. The first-order chi connectivity index (χ1) is 19.6. The molecule has 0 N–H and O–H groups in total. The maximum atomic E-state index is 15.0. The molecule has 0 bridgehead atoms. The van der Waals surface area contributed by atoms with Crippen LogP contribution in [0.2, 0.25) is 0 Å². The number of hydrogen-bond donors (Lipinski definition) is 0. The van der Waals surface area contributed by atoms with Gasteiger partial charge in [-0.25, -0.2) is 0 Å². The molecule has 3 aliphatic carbocycles. The number of fused-ring (bicyclic) bond motifs is 3. The number of carbonyl (C=O) groups excluding carboxylic acids is 1. The Labute approximate surface area is 255 Å². The largest absolute Gasteiger partial charge is 0.289 e. The van der Waals surface area contributed by atoms with Gasteiger partial charge in [0.1, 0.15) is 0 Å². The number of rotatable bonds is 6. The zero-order valence-corrected chi connectivity index (χ0v) is 27.6. The molecule has 0 heterocycles. The summed E-state index contributed by atoms with van der Waals surface area (Å²) in [4.78, 5) is 15.0. The van der Waals surface area contributed by atoms with Gasteiger partial charge in [-0.05, 0) is 110 Å². The lowest BCUT2D eigenvalue weighted by atomic mass is 9.42. The predicted octanol–water partition coefficient (Wildman–Crippen LogP) is 10.8. The summed E-state index contributed by atoms with van der Waals surface area (Å²) >= 11 is 0. The van der Waals surface area contributed by atoms with Crippen molar-refractivity contribution in [3.05, 3.63) is 129 Å². The highest BCUT2D eigenvalue weighted by Crippen LogP contribution is 2.69. The van der Waals surface area contributed by atoms with Gasteiger partial charge < -0.3 is 0 Å². The summed E-state index contributed by atoms with van der Waals surface area (Å²) in [5.41, 5.74) is 14.9. The number of carbonyl (C=O) groups is 1. The highest BCUT2D eigenvalue weighted by atomic mass is 16.1. The van der Waals surface area contributed by atoms with Crippen LogP contribution in [0.3, 0.4) is 0 Å². The lowest BCUT2D eigenvalue weighted by Crippen LogP contribution is -2.54. The second kappa shape index (κ2) is 10.2. The third-order valence-electron chi connectivity index (χ3n) is 11.3. The summed E-state index contributed by atoms with van der Waals surface area (Å²) in [6, 6.07) is 13.0. The quantitative estimate of drug-likeness (QED) is 0.322. The number of benzene rings is 2. The Hall–Kier alpha value is -3.19. The number of ketones is 1. The minimum atomic E-state index is -0.292. The van der Waals surface area contributed by atoms with Crippen molar-refractivity contribution in [3.8, 4) is 0 Å². The van der Waals surface area contributed by atoms with Crippen LogP contribution >= 0.6 is 0 Å². The van der Waals surface area contributed by atoms with Crippen LogP contribution in [-0.4, -0.2) is 5.78 Å². The van der Waals surface area contributed by atoms with E-state index >= 15 is 0 Å². The molecule has 1 heteroatoms. The van der Waals surface area contributed by atoms with Gasteiger partial charge in [0.2, 0.25) is 0 Å². The third-order valence-corrected chi connectivity index (χ3v) is 11.3. The van der Waals surface area contributed by atoms with Crippen molar-refractivity contribution in [1.29, 1.82) is 0 Å². The van der Waals surface area contributed by atoms with Crippen LogP contribution in [-0.2, 0) is 19.3 Å². The molecule has 220 valence electrons. The fraction of sp³-hybridized carbons (Fsp3) is 0.439.